The van der Waals surface area contributed by atoms with Gasteiger partial charge in [-0.25, -0.2) is 0 Å². The molecule has 2 aromatic carbocycles. The van der Waals surface area contributed by atoms with Gasteiger partial charge in [0.25, 0.3) is 0 Å². The number of hydrogen-bond donors (Lipinski definition) is 1. The van der Waals surface area contributed by atoms with Gasteiger partial charge >= 0.3 is 0 Å². The molecule has 0 heterocycles. The Hall–Kier alpha value is -1.96. The van der Waals surface area contributed by atoms with Crippen molar-refractivity contribution in [3.63, 3.8) is 0 Å². The molecule has 0 amide bonds. The number of anilines is 1. The van der Waals surface area contributed by atoms with Gasteiger partial charge in [-0.05, 0) is 85.4 Å². The van der Waals surface area contributed by atoms with Crippen molar-refractivity contribution in [2.45, 2.75) is 64.3 Å². The van der Waals surface area contributed by atoms with E-state index >= 15 is 0 Å². The van der Waals surface area contributed by atoms with Gasteiger partial charge in [-0.2, -0.15) is 0 Å². The van der Waals surface area contributed by atoms with E-state index < -0.39 is 0 Å². The Bertz CT molecular complexity index is 669. The van der Waals surface area contributed by atoms with E-state index in [9.17, 15) is 0 Å². The Morgan fingerprint density at radius 2 is 1.56 bits per heavy atom. The first-order valence-electron chi connectivity index (χ1n) is 9.75. The van der Waals surface area contributed by atoms with Crippen LogP contribution in [-0.4, -0.2) is 13.2 Å². The van der Waals surface area contributed by atoms with Crippen LogP contribution in [0, 0.1) is 0 Å². The number of benzene rings is 2. The van der Waals surface area contributed by atoms with Crippen LogP contribution in [0.1, 0.15) is 62.1 Å². The fourth-order valence-electron chi connectivity index (χ4n) is 4.07. The largest absolute Gasteiger partial charge is 0.497 e. The highest BCUT2D eigenvalue weighted by Gasteiger charge is 2.22. The second-order valence-electron chi connectivity index (χ2n) is 7.16. The Balaban J connectivity index is 1.57. The van der Waals surface area contributed by atoms with E-state index in [0.29, 0.717) is 12.0 Å². The zero-order valence-corrected chi connectivity index (χ0v) is 15.8. The first kappa shape index (κ1) is 17.8. The van der Waals surface area contributed by atoms with E-state index in [1.807, 2.05) is 0 Å². The monoisotopic (exact) mass is 337 g/mol. The zero-order valence-electron chi connectivity index (χ0n) is 15.8. The molecule has 0 radical (unpaired) electrons. The molecule has 0 unspecified atom stereocenters. The maximum absolute atomic E-state index is 5.27. The summed E-state index contributed by atoms with van der Waals surface area (Å²) < 4.78 is 5.27. The number of ether oxygens (including phenoxy) is 1. The normalized spacial score (nSPS) is 20.3. The van der Waals surface area contributed by atoms with E-state index in [1.165, 1.54) is 48.1 Å². The van der Waals surface area contributed by atoms with Gasteiger partial charge in [-0.1, -0.05) is 32.0 Å². The van der Waals surface area contributed by atoms with E-state index in [0.717, 1.165) is 18.6 Å². The van der Waals surface area contributed by atoms with Crippen LogP contribution in [0.2, 0.25) is 0 Å². The molecule has 0 saturated heterocycles. The highest BCUT2D eigenvalue weighted by Crippen LogP contribution is 2.34. The minimum atomic E-state index is 0.603. The predicted octanol–water partition coefficient (Wildman–Crippen LogP) is 5.96. The average molecular weight is 338 g/mol. The highest BCUT2D eigenvalue weighted by molar-refractivity contribution is 5.49. The molecule has 1 fully saturated rings. The first-order chi connectivity index (χ1) is 12.2. The maximum Gasteiger partial charge on any atom is 0.118 e. The molecule has 1 aliphatic carbocycles. The smallest absolute Gasteiger partial charge is 0.118 e. The van der Waals surface area contributed by atoms with Gasteiger partial charge in [0.05, 0.1) is 7.11 Å². The van der Waals surface area contributed by atoms with Crippen LogP contribution in [0.25, 0.3) is 0 Å². The molecule has 2 nitrogen and oxygen atoms in total. The van der Waals surface area contributed by atoms with Crippen molar-refractivity contribution in [3.8, 4) is 5.75 Å². The number of rotatable bonds is 6. The molecule has 2 aromatic rings. The number of aryl methyl sites for hydroxylation is 2. The number of nitrogens with one attached hydrogen (secondary N) is 1. The first-order valence-corrected chi connectivity index (χ1v) is 9.75. The van der Waals surface area contributed by atoms with Crippen molar-refractivity contribution in [2.75, 3.05) is 12.4 Å². The zero-order chi connectivity index (χ0) is 17.6. The van der Waals surface area contributed by atoms with Crippen LogP contribution in [0.15, 0.2) is 42.5 Å². The van der Waals surface area contributed by atoms with Crippen LogP contribution in [-0.2, 0) is 12.8 Å². The second kappa shape index (κ2) is 8.42. The van der Waals surface area contributed by atoms with Gasteiger partial charge in [0.1, 0.15) is 5.75 Å². The van der Waals surface area contributed by atoms with E-state index in [4.69, 9.17) is 4.74 Å². The van der Waals surface area contributed by atoms with Crippen LogP contribution >= 0.6 is 0 Å². The van der Waals surface area contributed by atoms with Gasteiger partial charge in [0.15, 0.2) is 0 Å². The average Bonchev–Trinajstić information content (AvgIpc) is 2.68. The highest BCUT2D eigenvalue weighted by atomic mass is 16.5. The van der Waals surface area contributed by atoms with Gasteiger partial charge in [-0.15, -0.1) is 0 Å². The molecule has 0 aromatic heterocycles. The molecular weight excluding hydrogens is 306 g/mol. The van der Waals surface area contributed by atoms with Crippen molar-refractivity contribution in [1.29, 1.82) is 0 Å². The van der Waals surface area contributed by atoms with Crippen LogP contribution < -0.4 is 10.1 Å². The second-order valence-corrected chi connectivity index (χ2v) is 7.16. The van der Waals surface area contributed by atoms with Crippen molar-refractivity contribution in [2.24, 2.45) is 0 Å². The Morgan fingerprint density at radius 1 is 0.880 bits per heavy atom. The molecule has 0 spiro atoms. The molecule has 134 valence electrons. The van der Waals surface area contributed by atoms with Crippen molar-refractivity contribution < 1.29 is 4.74 Å². The fourth-order valence-corrected chi connectivity index (χ4v) is 4.07. The number of methoxy groups -OCH3 is 1. The lowest BCUT2D eigenvalue weighted by atomic mass is 9.81. The summed E-state index contributed by atoms with van der Waals surface area (Å²) in [4.78, 5) is 0. The quantitative estimate of drug-likeness (QED) is 0.702. The molecule has 1 aliphatic rings. The Kier molecular flexibility index (Phi) is 6.01. The van der Waals surface area contributed by atoms with E-state index in [1.54, 1.807) is 7.11 Å². The van der Waals surface area contributed by atoms with Crippen LogP contribution in [0.3, 0.4) is 0 Å². The van der Waals surface area contributed by atoms with Gasteiger partial charge in [0, 0.05) is 11.7 Å². The van der Waals surface area contributed by atoms with E-state index in [2.05, 4.69) is 61.6 Å². The van der Waals surface area contributed by atoms with Crippen LogP contribution in [0.4, 0.5) is 5.69 Å². The molecule has 1 N–H and O–H groups in total. The van der Waals surface area contributed by atoms with Gasteiger partial charge in [0.2, 0.25) is 0 Å². The minimum absolute atomic E-state index is 0.603. The molecule has 0 aliphatic heterocycles. The SMILES string of the molecule is CCc1ccc(NC2CCC(c3ccc(OC)cc3)CC2)cc1CC. The fraction of sp³-hybridized carbons (Fsp3) is 0.478. The number of hydrogen-bond acceptors (Lipinski definition) is 2. The molecular formula is C23H31NO. The molecule has 1 saturated carbocycles. The van der Waals surface area contributed by atoms with E-state index in [-0.39, 0.29) is 0 Å². The summed E-state index contributed by atoms with van der Waals surface area (Å²) in [6.07, 6.45) is 7.25. The molecule has 2 heteroatoms. The summed E-state index contributed by atoms with van der Waals surface area (Å²) in [5, 5.41) is 3.78. The lowest BCUT2D eigenvalue weighted by Gasteiger charge is -2.30. The molecule has 25 heavy (non-hydrogen) atoms. The standard InChI is InChI=1S/C23H31NO/c1-4-17-6-13-22(16-18(17)5-2)24-21-11-7-19(8-12-21)20-9-14-23(25-3)15-10-20/h6,9-10,13-16,19,21,24H,4-5,7-8,11-12H2,1-3H3. The Labute approximate surface area is 152 Å². The summed E-state index contributed by atoms with van der Waals surface area (Å²) in [5.41, 5.74) is 5.72. The summed E-state index contributed by atoms with van der Waals surface area (Å²) >= 11 is 0. The summed E-state index contributed by atoms with van der Waals surface area (Å²) in [6.45, 7) is 4.49. The van der Waals surface area contributed by atoms with Crippen molar-refractivity contribution in [1.82, 2.24) is 0 Å². The van der Waals surface area contributed by atoms with Gasteiger partial charge < -0.3 is 10.1 Å². The predicted molar refractivity (Wildman–Crippen MR) is 107 cm³/mol. The minimum Gasteiger partial charge on any atom is -0.497 e. The summed E-state index contributed by atoms with van der Waals surface area (Å²) in [6, 6.07) is 16.1. The molecule has 0 atom stereocenters. The molecule has 3 rings (SSSR count). The topological polar surface area (TPSA) is 21.3 Å². The summed E-state index contributed by atoms with van der Waals surface area (Å²) in [5.74, 6) is 1.64. The lowest BCUT2D eigenvalue weighted by molar-refractivity contribution is 0.407. The van der Waals surface area contributed by atoms with Crippen LogP contribution in [0.5, 0.6) is 5.75 Å². The third-order valence-electron chi connectivity index (χ3n) is 5.65. The summed E-state index contributed by atoms with van der Waals surface area (Å²) in [7, 11) is 1.73. The van der Waals surface area contributed by atoms with Gasteiger partial charge in [-0.3, -0.25) is 0 Å². The molecule has 0 bridgehead atoms. The third kappa shape index (κ3) is 4.36. The lowest BCUT2D eigenvalue weighted by Crippen LogP contribution is -2.25. The maximum atomic E-state index is 5.27. The van der Waals surface area contributed by atoms with Crippen molar-refractivity contribution in [3.05, 3.63) is 59.2 Å². The van der Waals surface area contributed by atoms with Crippen molar-refractivity contribution >= 4 is 5.69 Å². The third-order valence-corrected chi connectivity index (χ3v) is 5.65. The Morgan fingerprint density at radius 3 is 2.16 bits per heavy atom.